The number of carbonyl (C=O) groups is 2. The fourth-order valence-corrected chi connectivity index (χ4v) is 4.23. The molecule has 2 aliphatic rings. The molecule has 6 nitrogen and oxygen atoms in total. The van der Waals surface area contributed by atoms with Gasteiger partial charge in [-0.2, -0.15) is 0 Å². The van der Waals surface area contributed by atoms with E-state index in [4.69, 9.17) is 0 Å². The lowest BCUT2D eigenvalue weighted by Gasteiger charge is -2.27. The van der Waals surface area contributed by atoms with E-state index in [1.54, 1.807) is 0 Å². The minimum Gasteiger partial charge on any atom is -0.507 e. The van der Waals surface area contributed by atoms with Crippen LogP contribution in [0, 0.1) is 5.92 Å². The van der Waals surface area contributed by atoms with Crippen molar-refractivity contribution in [1.82, 2.24) is 4.90 Å². The lowest BCUT2D eigenvalue weighted by Crippen LogP contribution is -2.46. The maximum absolute atomic E-state index is 12.7. The molecule has 3 N–H and O–H groups in total. The van der Waals surface area contributed by atoms with Crippen LogP contribution in [-0.2, 0) is 4.79 Å². The number of phenolic OH excluding ortho intramolecular Hbond substituents is 2. The summed E-state index contributed by atoms with van der Waals surface area (Å²) in [7, 11) is 0. The number of hydrogen-bond acceptors (Lipinski definition) is 5. The van der Waals surface area contributed by atoms with Crippen LogP contribution in [0.25, 0.3) is 0 Å². The summed E-state index contributed by atoms with van der Waals surface area (Å²) in [5.41, 5.74) is -0.225. The number of rotatable bonds is 3. The fourth-order valence-electron chi connectivity index (χ4n) is 2.60. The van der Waals surface area contributed by atoms with Gasteiger partial charge in [0.15, 0.2) is 0 Å². The molecule has 1 aromatic carbocycles. The first-order valence-electron chi connectivity index (χ1n) is 6.68. The van der Waals surface area contributed by atoms with Gasteiger partial charge in [-0.3, -0.25) is 4.79 Å². The molecule has 1 aliphatic carbocycles. The van der Waals surface area contributed by atoms with E-state index < -0.39 is 17.9 Å². The molecular weight excluding hydrogens is 294 g/mol. The molecule has 0 radical (unpaired) electrons. The van der Waals surface area contributed by atoms with E-state index in [0.717, 1.165) is 12.8 Å². The van der Waals surface area contributed by atoms with Crippen molar-refractivity contribution < 1.29 is 24.9 Å². The molecule has 0 aromatic heterocycles. The normalized spacial score (nSPS) is 25.0. The summed E-state index contributed by atoms with van der Waals surface area (Å²) in [6, 6.07) is 3.11. The summed E-state index contributed by atoms with van der Waals surface area (Å²) in [6.07, 6.45) is 1.95. The Bertz CT molecular complexity index is 581. The Morgan fingerprint density at radius 3 is 2.33 bits per heavy atom. The van der Waals surface area contributed by atoms with E-state index >= 15 is 0 Å². The highest BCUT2D eigenvalue weighted by Gasteiger charge is 2.48. The molecule has 1 saturated heterocycles. The van der Waals surface area contributed by atoms with Gasteiger partial charge in [-0.1, -0.05) is 6.07 Å². The van der Waals surface area contributed by atoms with Gasteiger partial charge in [-0.15, -0.1) is 11.8 Å². The van der Waals surface area contributed by atoms with Gasteiger partial charge in [0.05, 0.1) is 5.37 Å². The topological polar surface area (TPSA) is 98.1 Å². The molecule has 112 valence electrons. The van der Waals surface area contributed by atoms with E-state index in [1.165, 1.54) is 34.9 Å². The van der Waals surface area contributed by atoms with Crippen molar-refractivity contribution in [3.05, 3.63) is 23.8 Å². The number of carboxylic acid groups (broad SMARTS) is 1. The highest BCUT2D eigenvalue weighted by molar-refractivity contribution is 8.00. The summed E-state index contributed by atoms with van der Waals surface area (Å²) in [5.74, 6) is -1.73. The average molecular weight is 309 g/mol. The first-order valence-corrected chi connectivity index (χ1v) is 7.73. The van der Waals surface area contributed by atoms with E-state index in [2.05, 4.69) is 0 Å². The zero-order chi connectivity index (χ0) is 15.1. The van der Waals surface area contributed by atoms with Gasteiger partial charge in [0, 0.05) is 5.75 Å². The van der Waals surface area contributed by atoms with E-state index in [0.29, 0.717) is 11.7 Å². The lowest BCUT2D eigenvalue weighted by molar-refractivity contribution is -0.141. The molecule has 1 aromatic rings. The molecule has 7 heteroatoms. The van der Waals surface area contributed by atoms with Gasteiger partial charge in [-0.25, -0.2) is 4.79 Å². The minimum atomic E-state index is -1.06. The van der Waals surface area contributed by atoms with Gasteiger partial charge in [0.25, 0.3) is 5.91 Å². The number of nitrogens with zero attached hydrogens (tertiary/aromatic N) is 1. The zero-order valence-electron chi connectivity index (χ0n) is 11.1. The zero-order valence-corrected chi connectivity index (χ0v) is 11.9. The molecule has 1 amide bonds. The summed E-state index contributed by atoms with van der Waals surface area (Å²) in [5, 5.41) is 28.8. The van der Waals surface area contributed by atoms with Gasteiger partial charge >= 0.3 is 5.97 Å². The Morgan fingerprint density at radius 2 is 1.81 bits per heavy atom. The summed E-state index contributed by atoms with van der Waals surface area (Å²) in [4.78, 5) is 25.4. The van der Waals surface area contributed by atoms with E-state index in [-0.39, 0.29) is 22.4 Å². The second-order valence-corrected chi connectivity index (χ2v) is 6.45. The highest BCUT2D eigenvalue weighted by Crippen LogP contribution is 2.46. The van der Waals surface area contributed by atoms with E-state index in [9.17, 15) is 24.9 Å². The number of aromatic hydroxyl groups is 2. The number of benzene rings is 1. The third kappa shape index (κ3) is 2.42. The Kier molecular flexibility index (Phi) is 3.44. The van der Waals surface area contributed by atoms with E-state index in [1.807, 2.05) is 0 Å². The van der Waals surface area contributed by atoms with Gasteiger partial charge in [0.2, 0.25) is 0 Å². The maximum atomic E-state index is 12.7. The standard InChI is InChI=1S/C14H15NO5S/c16-9-2-1-3-10(17)11(9)12(18)15-8(14(19)20)6-21-13(15)7-4-5-7/h1-3,7-8,13,16-17H,4-6H2,(H,19,20). The van der Waals surface area contributed by atoms with Crippen molar-refractivity contribution >= 4 is 23.6 Å². The minimum absolute atomic E-state index is 0.197. The monoisotopic (exact) mass is 309 g/mol. The van der Waals surface area contributed by atoms with Crippen LogP contribution in [-0.4, -0.2) is 49.3 Å². The number of aliphatic carboxylic acids is 1. The SMILES string of the molecule is O=C(O)C1CSC(C2CC2)N1C(=O)c1c(O)cccc1O. The predicted molar refractivity (Wildman–Crippen MR) is 76.3 cm³/mol. The van der Waals surface area contributed by atoms with Crippen LogP contribution in [0.4, 0.5) is 0 Å². The molecule has 1 heterocycles. The molecule has 21 heavy (non-hydrogen) atoms. The largest absolute Gasteiger partial charge is 0.507 e. The molecule has 0 spiro atoms. The molecular formula is C14H15NO5S. The third-order valence-corrected chi connectivity index (χ3v) is 5.28. The molecule has 0 bridgehead atoms. The predicted octanol–water partition coefficient (Wildman–Crippen LogP) is 1.48. The third-order valence-electron chi connectivity index (χ3n) is 3.81. The first-order chi connectivity index (χ1) is 10.0. The Labute approximate surface area is 125 Å². The van der Waals surface area contributed by atoms with Gasteiger partial charge < -0.3 is 20.2 Å². The summed E-state index contributed by atoms with van der Waals surface area (Å²) >= 11 is 1.45. The molecule has 2 atom stereocenters. The smallest absolute Gasteiger partial charge is 0.327 e. The molecule has 3 rings (SSSR count). The number of thioether (sulfide) groups is 1. The van der Waals surface area contributed by atoms with Crippen LogP contribution in [0.1, 0.15) is 23.2 Å². The number of phenols is 2. The molecule has 2 fully saturated rings. The maximum Gasteiger partial charge on any atom is 0.327 e. The van der Waals surface area contributed by atoms with Crippen LogP contribution >= 0.6 is 11.8 Å². The van der Waals surface area contributed by atoms with Gasteiger partial charge in [-0.05, 0) is 30.9 Å². The molecule has 1 aliphatic heterocycles. The van der Waals surface area contributed by atoms with Crippen molar-refractivity contribution in [2.45, 2.75) is 24.3 Å². The summed E-state index contributed by atoms with van der Waals surface area (Å²) in [6.45, 7) is 0. The van der Waals surface area contributed by atoms with Crippen LogP contribution < -0.4 is 0 Å². The van der Waals surface area contributed by atoms with Crippen molar-refractivity contribution in [2.75, 3.05) is 5.75 Å². The molecule has 2 unspecified atom stereocenters. The fraction of sp³-hybridized carbons (Fsp3) is 0.429. The van der Waals surface area contributed by atoms with Crippen molar-refractivity contribution in [2.24, 2.45) is 5.92 Å². The van der Waals surface area contributed by atoms with Crippen LogP contribution in [0.3, 0.4) is 0 Å². The highest BCUT2D eigenvalue weighted by atomic mass is 32.2. The Balaban J connectivity index is 1.98. The summed E-state index contributed by atoms with van der Waals surface area (Å²) < 4.78 is 0. The second-order valence-electron chi connectivity index (χ2n) is 5.30. The van der Waals surface area contributed by atoms with Crippen LogP contribution in [0.15, 0.2) is 18.2 Å². The number of carbonyl (C=O) groups excluding carboxylic acids is 1. The Hall–Kier alpha value is -1.89. The van der Waals surface area contributed by atoms with Crippen molar-refractivity contribution in [3.8, 4) is 11.5 Å². The van der Waals surface area contributed by atoms with Crippen LogP contribution in [0.2, 0.25) is 0 Å². The van der Waals surface area contributed by atoms with Crippen molar-refractivity contribution in [3.63, 3.8) is 0 Å². The second kappa shape index (κ2) is 5.14. The quantitative estimate of drug-likeness (QED) is 0.782. The lowest BCUT2D eigenvalue weighted by atomic mass is 10.1. The van der Waals surface area contributed by atoms with Gasteiger partial charge in [0.1, 0.15) is 23.1 Å². The first kappa shape index (κ1) is 14.1. The van der Waals surface area contributed by atoms with Crippen molar-refractivity contribution in [1.29, 1.82) is 0 Å². The number of amides is 1. The molecule has 1 saturated carbocycles. The number of hydrogen-bond donors (Lipinski definition) is 3. The number of carboxylic acids is 1. The van der Waals surface area contributed by atoms with Crippen LogP contribution in [0.5, 0.6) is 11.5 Å². The average Bonchev–Trinajstić information content (AvgIpc) is 3.16. The Morgan fingerprint density at radius 1 is 1.19 bits per heavy atom.